The maximum absolute atomic E-state index is 4.15. The molecule has 112 valence electrons. The van der Waals surface area contributed by atoms with Crippen molar-refractivity contribution >= 4 is 11.8 Å². The Morgan fingerprint density at radius 1 is 1.24 bits per heavy atom. The summed E-state index contributed by atoms with van der Waals surface area (Å²) in [5, 5.41) is 12.9. The van der Waals surface area contributed by atoms with Gasteiger partial charge in [-0.25, -0.2) is 0 Å². The molecule has 0 spiro atoms. The molecule has 0 amide bonds. The highest BCUT2D eigenvalue weighted by atomic mass is 32.2. The van der Waals surface area contributed by atoms with Crippen LogP contribution in [0.4, 0.5) is 0 Å². The maximum atomic E-state index is 4.15. The third-order valence-corrected chi connectivity index (χ3v) is 5.00. The van der Waals surface area contributed by atoms with Crippen LogP contribution in [0.1, 0.15) is 25.7 Å². The zero-order valence-corrected chi connectivity index (χ0v) is 13.2. The van der Waals surface area contributed by atoms with E-state index >= 15 is 0 Å². The Hall–Kier alpha value is -1.40. The molecule has 0 aliphatic carbocycles. The van der Waals surface area contributed by atoms with Crippen LogP contribution in [0.3, 0.4) is 0 Å². The lowest BCUT2D eigenvalue weighted by molar-refractivity contribution is 0.182. The Labute approximate surface area is 129 Å². The van der Waals surface area contributed by atoms with E-state index < -0.39 is 0 Å². The Kier molecular flexibility index (Phi) is 4.87. The number of aromatic nitrogens is 4. The normalized spacial score (nSPS) is 19.8. The van der Waals surface area contributed by atoms with Crippen LogP contribution in [0.2, 0.25) is 0 Å². The van der Waals surface area contributed by atoms with Gasteiger partial charge in [-0.3, -0.25) is 0 Å². The van der Waals surface area contributed by atoms with Crippen molar-refractivity contribution in [3.05, 3.63) is 30.3 Å². The molecule has 1 unspecified atom stereocenters. The van der Waals surface area contributed by atoms with Gasteiger partial charge >= 0.3 is 0 Å². The summed E-state index contributed by atoms with van der Waals surface area (Å²) in [6.45, 7) is 1.23. The monoisotopic (exact) mass is 303 g/mol. The lowest BCUT2D eigenvalue weighted by Gasteiger charge is -2.32. The Morgan fingerprint density at radius 3 is 2.90 bits per heavy atom. The van der Waals surface area contributed by atoms with E-state index in [4.69, 9.17) is 0 Å². The summed E-state index contributed by atoms with van der Waals surface area (Å²) in [6.07, 6.45) is 5.22. The van der Waals surface area contributed by atoms with Crippen molar-refractivity contribution in [2.45, 2.75) is 36.9 Å². The molecule has 6 heteroatoms. The van der Waals surface area contributed by atoms with Gasteiger partial charge in [-0.05, 0) is 55.4 Å². The van der Waals surface area contributed by atoms with E-state index in [1.165, 1.54) is 32.2 Å². The van der Waals surface area contributed by atoms with Gasteiger partial charge in [-0.1, -0.05) is 36.4 Å². The largest absolute Gasteiger partial charge is 0.303 e. The number of hydrogen-bond donors (Lipinski definition) is 0. The van der Waals surface area contributed by atoms with Gasteiger partial charge in [0, 0.05) is 11.8 Å². The topological polar surface area (TPSA) is 46.8 Å². The van der Waals surface area contributed by atoms with E-state index in [1.807, 2.05) is 35.0 Å². The van der Waals surface area contributed by atoms with Gasteiger partial charge in [0.1, 0.15) is 0 Å². The molecule has 1 aromatic heterocycles. The van der Waals surface area contributed by atoms with E-state index in [9.17, 15) is 0 Å². The predicted molar refractivity (Wildman–Crippen MR) is 84.8 cm³/mol. The fraction of sp³-hybridized carbons (Fsp3) is 0.533. The molecule has 0 bridgehead atoms. The lowest BCUT2D eigenvalue weighted by Crippen LogP contribution is -2.36. The molecule has 21 heavy (non-hydrogen) atoms. The first-order valence-electron chi connectivity index (χ1n) is 7.51. The number of thioether (sulfide) groups is 1. The quantitative estimate of drug-likeness (QED) is 0.795. The van der Waals surface area contributed by atoms with E-state index in [0.717, 1.165) is 16.6 Å². The van der Waals surface area contributed by atoms with Crippen LogP contribution >= 0.6 is 11.8 Å². The molecule has 0 N–H and O–H groups in total. The predicted octanol–water partition coefficient (Wildman–Crippen LogP) is 2.63. The second-order valence-corrected chi connectivity index (χ2v) is 6.54. The number of piperidine rings is 1. The van der Waals surface area contributed by atoms with Crippen LogP contribution in [0.25, 0.3) is 5.69 Å². The number of tetrazole rings is 1. The van der Waals surface area contributed by atoms with Crippen molar-refractivity contribution in [3.8, 4) is 5.69 Å². The summed E-state index contributed by atoms with van der Waals surface area (Å²) in [5.74, 6) is 1.06. The molecule has 3 rings (SSSR count). The van der Waals surface area contributed by atoms with Crippen molar-refractivity contribution in [2.24, 2.45) is 0 Å². The summed E-state index contributed by atoms with van der Waals surface area (Å²) >= 11 is 1.74. The molecule has 2 aromatic rings. The third kappa shape index (κ3) is 3.63. The minimum absolute atomic E-state index is 0.715. The Balaban J connectivity index is 1.58. The smallest absolute Gasteiger partial charge is 0.214 e. The van der Waals surface area contributed by atoms with Crippen LogP contribution in [0.15, 0.2) is 35.5 Å². The SMILES string of the molecule is CN1CCCCC1CCSc1nnnn1-c1ccccc1. The molecule has 1 saturated heterocycles. The number of benzene rings is 1. The maximum Gasteiger partial charge on any atom is 0.214 e. The third-order valence-electron chi connectivity index (χ3n) is 4.05. The summed E-state index contributed by atoms with van der Waals surface area (Å²) < 4.78 is 1.81. The Bertz CT molecular complexity index is 556. The minimum atomic E-state index is 0.715. The highest BCUT2D eigenvalue weighted by molar-refractivity contribution is 7.99. The summed E-state index contributed by atoms with van der Waals surface area (Å²) in [5.41, 5.74) is 1.01. The molecule has 0 saturated carbocycles. The lowest BCUT2D eigenvalue weighted by atomic mass is 10.0. The second kappa shape index (κ2) is 7.04. The van der Waals surface area contributed by atoms with Crippen molar-refractivity contribution in [1.82, 2.24) is 25.1 Å². The molecule has 1 aliphatic rings. The van der Waals surface area contributed by atoms with Gasteiger partial charge in [-0.2, -0.15) is 4.68 Å². The standard InChI is InChI=1S/C15H21N5S/c1-19-11-6-5-7-13(19)10-12-21-15-16-17-18-20(15)14-8-3-2-4-9-14/h2-4,8-9,13H,5-7,10-12H2,1H3. The van der Waals surface area contributed by atoms with Crippen molar-refractivity contribution in [3.63, 3.8) is 0 Å². The van der Waals surface area contributed by atoms with Crippen molar-refractivity contribution < 1.29 is 0 Å². The molecule has 0 radical (unpaired) electrons. The minimum Gasteiger partial charge on any atom is -0.303 e. The van der Waals surface area contributed by atoms with Crippen LogP contribution in [-0.2, 0) is 0 Å². The van der Waals surface area contributed by atoms with E-state index in [2.05, 4.69) is 27.5 Å². The van der Waals surface area contributed by atoms with Crippen LogP contribution in [0, 0.1) is 0 Å². The average Bonchev–Trinajstić information content (AvgIpc) is 2.99. The summed E-state index contributed by atoms with van der Waals surface area (Å²) in [4.78, 5) is 2.49. The average molecular weight is 303 g/mol. The van der Waals surface area contributed by atoms with Gasteiger partial charge in [0.15, 0.2) is 0 Å². The number of likely N-dealkylation sites (tertiary alicyclic amines) is 1. The highest BCUT2D eigenvalue weighted by Gasteiger charge is 2.19. The summed E-state index contributed by atoms with van der Waals surface area (Å²) in [7, 11) is 2.24. The Morgan fingerprint density at radius 2 is 2.10 bits per heavy atom. The molecular weight excluding hydrogens is 282 g/mol. The van der Waals surface area contributed by atoms with Crippen LogP contribution in [-0.4, -0.2) is 50.5 Å². The first-order chi connectivity index (χ1) is 10.3. The molecule has 2 heterocycles. The van der Waals surface area contributed by atoms with E-state index in [1.54, 1.807) is 11.8 Å². The van der Waals surface area contributed by atoms with Gasteiger partial charge in [0.05, 0.1) is 5.69 Å². The van der Waals surface area contributed by atoms with Gasteiger partial charge < -0.3 is 4.90 Å². The van der Waals surface area contributed by atoms with Gasteiger partial charge in [0.25, 0.3) is 0 Å². The number of rotatable bonds is 5. The molecule has 1 aromatic carbocycles. The van der Waals surface area contributed by atoms with Crippen molar-refractivity contribution in [1.29, 1.82) is 0 Å². The molecule has 5 nitrogen and oxygen atoms in total. The van der Waals surface area contributed by atoms with Crippen molar-refractivity contribution in [2.75, 3.05) is 19.3 Å². The second-order valence-electron chi connectivity index (χ2n) is 5.48. The zero-order valence-electron chi connectivity index (χ0n) is 12.4. The molecule has 1 aliphatic heterocycles. The summed E-state index contributed by atoms with van der Waals surface area (Å²) in [6, 6.07) is 10.8. The number of hydrogen-bond acceptors (Lipinski definition) is 5. The van der Waals surface area contributed by atoms with Crippen LogP contribution < -0.4 is 0 Å². The molecule has 1 fully saturated rings. The molecular formula is C15H21N5S. The van der Waals surface area contributed by atoms with Crippen LogP contribution in [0.5, 0.6) is 0 Å². The fourth-order valence-electron chi connectivity index (χ4n) is 2.80. The van der Waals surface area contributed by atoms with E-state index in [0.29, 0.717) is 6.04 Å². The first-order valence-corrected chi connectivity index (χ1v) is 8.50. The van der Waals surface area contributed by atoms with Gasteiger partial charge in [-0.15, -0.1) is 5.10 Å². The fourth-order valence-corrected chi connectivity index (χ4v) is 3.73. The zero-order chi connectivity index (χ0) is 14.5. The number of para-hydroxylation sites is 1. The molecule has 1 atom stereocenters. The first kappa shape index (κ1) is 14.5. The highest BCUT2D eigenvalue weighted by Crippen LogP contribution is 2.23. The van der Waals surface area contributed by atoms with Gasteiger partial charge in [0.2, 0.25) is 5.16 Å². The van der Waals surface area contributed by atoms with E-state index in [-0.39, 0.29) is 0 Å². The number of nitrogens with zero attached hydrogens (tertiary/aromatic N) is 5.